The lowest BCUT2D eigenvalue weighted by molar-refractivity contribution is -0.0816. The van der Waals surface area contributed by atoms with Crippen LogP contribution in [0.2, 0.25) is 0 Å². The number of aliphatic hydroxyl groups is 1. The highest BCUT2D eigenvalue weighted by molar-refractivity contribution is 5.99. The number of methoxy groups -OCH3 is 1. The topological polar surface area (TPSA) is 62.1 Å². The number of hydrazone groups is 1. The molecular weight excluding hydrogens is 349 g/mol. The predicted octanol–water partition coefficient (Wildman–Crippen LogP) is 3.30. The van der Waals surface area contributed by atoms with Crippen molar-refractivity contribution < 1.29 is 27.8 Å². The van der Waals surface area contributed by atoms with Crippen molar-refractivity contribution >= 4 is 11.6 Å². The first-order chi connectivity index (χ1) is 12.3. The molecule has 136 valence electrons. The van der Waals surface area contributed by atoms with Gasteiger partial charge in [0.2, 0.25) is 0 Å². The van der Waals surface area contributed by atoms with E-state index in [9.17, 15) is 23.1 Å². The fourth-order valence-corrected chi connectivity index (χ4v) is 2.70. The molecule has 26 heavy (non-hydrogen) atoms. The van der Waals surface area contributed by atoms with E-state index in [-0.39, 0.29) is 11.1 Å². The molecule has 2 aromatic carbocycles. The summed E-state index contributed by atoms with van der Waals surface area (Å²) in [5.41, 5.74) is -3.22. The largest absolute Gasteiger partial charge is 0.497 e. The van der Waals surface area contributed by atoms with E-state index in [0.29, 0.717) is 10.8 Å². The molecule has 1 atom stereocenters. The summed E-state index contributed by atoms with van der Waals surface area (Å²) in [6, 6.07) is 13.5. The summed E-state index contributed by atoms with van der Waals surface area (Å²) < 4.78 is 44.5. The summed E-state index contributed by atoms with van der Waals surface area (Å²) in [6.07, 6.45) is -5.60. The molecule has 1 aliphatic rings. The van der Waals surface area contributed by atoms with Crippen LogP contribution in [0.25, 0.3) is 0 Å². The number of benzene rings is 2. The lowest BCUT2D eigenvalue weighted by Gasteiger charge is -2.31. The predicted molar refractivity (Wildman–Crippen MR) is 87.6 cm³/mol. The first-order valence-corrected chi connectivity index (χ1v) is 7.67. The Bertz CT molecular complexity index is 835. The van der Waals surface area contributed by atoms with Gasteiger partial charge in [0.15, 0.2) is 5.72 Å². The quantitative estimate of drug-likeness (QED) is 0.909. The molecule has 1 aliphatic heterocycles. The number of halogens is 3. The summed E-state index contributed by atoms with van der Waals surface area (Å²) >= 11 is 0. The van der Waals surface area contributed by atoms with Gasteiger partial charge in [-0.05, 0) is 24.3 Å². The molecule has 1 N–H and O–H groups in total. The van der Waals surface area contributed by atoms with Crippen LogP contribution in [0.15, 0.2) is 59.7 Å². The number of rotatable bonds is 3. The Morgan fingerprint density at radius 3 is 2.31 bits per heavy atom. The maximum Gasteiger partial charge on any atom is 0.431 e. The molecule has 0 spiro atoms. The van der Waals surface area contributed by atoms with Gasteiger partial charge >= 0.3 is 6.18 Å². The van der Waals surface area contributed by atoms with Gasteiger partial charge in [-0.2, -0.15) is 23.3 Å². The van der Waals surface area contributed by atoms with E-state index < -0.39 is 29.9 Å². The summed E-state index contributed by atoms with van der Waals surface area (Å²) in [6.45, 7) is 0. The van der Waals surface area contributed by atoms with E-state index in [1.165, 1.54) is 43.5 Å². The van der Waals surface area contributed by atoms with Gasteiger partial charge < -0.3 is 9.84 Å². The van der Waals surface area contributed by atoms with Crippen molar-refractivity contribution in [2.75, 3.05) is 7.11 Å². The smallest absolute Gasteiger partial charge is 0.431 e. The van der Waals surface area contributed by atoms with Gasteiger partial charge in [0.25, 0.3) is 5.91 Å². The van der Waals surface area contributed by atoms with Gasteiger partial charge in [-0.15, -0.1) is 0 Å². The highest BCUT2D eigenvalue weighted by Gasteiger charge is 2.53. The van der Waals surface area contributed by atoms with Gasteiger partial charge in [0.05, 0.1) is 13.5 Å². The van der Waals surface area contributed by atoms with Crippen LogP contribution in [0.4, 0.5) is 13.2 Å². The number of carbonyl (C=O) groups excluding carboxylic acids is 1. The van der Waals surface area contributed by atoms with Crippen LogP contribution in [0.5, 0.6) is 5.75 Å². The summed E-state index contributed by atoms with van der Waals surface area (Å²) in [5, 5.41) is 14.8. The Morgan fingerprint density at radius 2 is 1.77 bits per heavy atom. The Labute approximate surface area is 147 Å². The first-order valence-electron chi connectivity index (χ1n) is 7.67. The molecule has 1 heterocycles. The van der Waals surface area contributed by atoms with Gasteiger partial charge in [0.1, 0.15) is 11.5 Å². The van der Waals surface area contributed by atoms with Gasteiger partial charge in [-0.3, -0.25) is 4.79 Å². The van der Waals surface area contributed by atoms with Crippen molar-refractivity contribution in [1.29, 1.82) is 0 Å². The second-order valence-corrected chi connectivity index (χ2v) is 5.75. The third-order valence-electron chi connectivity index (χ3n) is 4.08. The number of hydrogen-bond donors (Lipinski definition) is 1. The number of amides is 1. The average Bonchev–Trinajstić information content (AvgIpc) is 3.01. The fourth-order valence-electron chi connectivity index (χ4n) is 2.70. The molecular formula is C18H15F3N2O3. The van der Waals surface area contributed by atoms with Crippen molar-refractivity contribution in [3.05, 3.63) is 65.7 Å². The minimum Gasteiger partial charge on any atom is -0.497 e. The molecule has 8 heteroatoms. The van der Waals surface area contributed by atoms with Crippen LogP contribution in [0.3, 0.4) is 0 Å². The Balaban J connectivity index is 2.03. The van der Waals surface area contributed by atoms with Crippen LogP contribution >= 0.6 is 0 Å². The standard InChI is InChI=1S/C18H15F3N2O3/c1-26-14-9-7-12(8-10-14)16(24)23-17(25,13-5-3-2-4-6-13)11-15(22-23)18(19,20)21/h2-10,25H,11H2,1H3/t17-/m1/s1. The Kier molecular flexibility index (Phi) is 4.45. The van der Waals surface area contributed by atoms with Crippen molar-refractivity contribution in [2.24, 2.45) is 5.10 Å². The van der Waals surface area contributed by atoms with Gasteiger partial charge in [-0.1, -0.05) is 30.3 Å². The van der Waals surface area contributed by atoms with Crippen molar-refractivity contribution in [2.45, 2.75) is 18.3 Å². The number of ether oxygens (including phenoxy) is 1. The van der Waals surface area contributed by atoms with Crippen molar-refractivity contribution in [1.82, 2.24) is 5.01 Å². The molecule has 0 aromatic heterocycles. The molecule has 2 aromatic rings. The molecule has 3 rings (SSSR count). The molecule has 1 amide bonds. The van der Waals surface area contributed by atoms with E-state index in [2.05, 4.69) is 5.10 Å². The Morgan fingerprint density at radius 1 is 1.15 bits per heavy atom. The SMILES string of the molecule is COc1ccc(C(=O)N2N=C(C(F)(F)F)C[C@@]2(O)c2ccccc2)cc1. The molecule has 0 unspecified atom stereocenters. The molecule has 0 fully saturated rings. The van der Waals surface area contributed by atoms with Gasteiger partial charge in [0, 0.05) is 11.1 Å². The third-order valence-corrected chi connectivity index (χ3v) is 4.08. The first kappa shape index (κ1) is 17.9. The van der Waals surface area contributed by atoms with E-state index in [1.54, 1.807) is 18.2 Å². The molecule has 0 aliphatic carbocycles. The van der Waals surface area contributed by atoms with Crippen LogP contribution < -0.4 is 4.74 Å². The zero-order chi connectivity index (χ0) is 18.9. The van der Waals surface area contributed by atoms with Gasteiger partial charge in [-0.25, -0.2) is 0 Å². The minimum absolute atomic E-state index is 0.0762. The molecule has 0 saturated heterocycles. The van der Waals surface area contributed by atoms with Crippen LogP contribution in [-0.4, -0.2) is 35.0 Å². The maximum absolute atomic E-state index is 13.2. The number of carbonyl (C=O) groups is 1. The summed E-state index contributed by atoms with van der Waals surface area (Å²) in [4.78, 5) is 12.8. The van der Waals surface area contributed by atoms with Crippen LogP contribution in [0, 0.1) is 0 Å². The molecule has 0 saturated carbocycles. The van der Waals surface area contributed by atoms with E-state index >= 15 is 0 Å². The number of nitrogens with zero attached hydrogens (tertiary/aromatic N) is 2. The number of alkyl halides is 3. The summed E-state index contributed by atoms with van der Waals surface area (Å²) in [5.74, 6) is -0.362. The molecule has 5 nitrogen and oxygen atoms in total. The zero-order valence-electron chi connectivity index (χ0n) is 13.7. The number of hydrogen-bond acceptors (Lipinski definition) is 4. The molecule has 0 radical (unpaired) electrons. The van der Waals surface area contributed by atoms with Crippen LogP contribution in [0.1, 0.15) is 22.3 Å². The normalized spacial score (nSPS) is 20.0. The third kappa shape index (κ3) is 3.15. The van der Waals surface area contributed by atoms with Crippen molar-refractivity contribution in [3.8, 4) is 5.75 Å². The van der Waals surface area contributed by atoms with Crippen LogP contribution in [-0.2, 0) is 5.72 Å². The monoisotopic (exact) mass is 364 g/mol. The second kappa shape index (κ2) is 6.45. The van der Waals surface area contributed by atoms with Crippen molar-refractivity contribution in [3.63, 3.8) is 0 Å². The van der Waals surface area contributed by atoms with E-state index in [4.69, 9.17) is 4.74 Å². The lowest BCUT2D eigenvalue weighted by atomic mass is 9.96. The Hall–Kier alpha value is -2.87. The summed E-state index contributed by atoms with van der Waals surface area (Å²) in [7, 11) is 1.45. The maximum atomic E-state index is 13.2. The fraction of sp³-hybridized carbons (Fsp3) is 0.222. The van der Waals surface area contributed by atoms with E-state index in [1.807, 2.05) is 0 Å². The lowest BCUT2D eigenvalue weighted by Crippen LogP contribution is -2.43. The average molecular weight is 364 g/mol. The minimum atomic E-state index is -4.75. The zero-order valence-corrected chi connectivity index (χ0v) is 13.7. The second-order valence-electron chi connectivity index (χ2n) is 5.75. The molecule has 0 bridgehead atoms. The highest BCUT2D eigenvalue weighted by atomic mass is 19.4. The van der Waals surface area contributed by atoms with E-state index in [0.717, 1.165) is 0 Å². The highest BCUT2D eigenvalue weighted by Crippen LogP contribution is 2.40.